The average molecular weight is 326 g/mol. The minimum atomic E-state index is -0.153. The monoisotopic (exact) mass is 326 g/mol. The Kier molecular flexibility index (Phi) is 4.43. The van der Waals surface area contributed by atoms with Gasteiger partial charge in [-0.15, -0.1) is 10.2 Å². The van der Waals surface area contributed by atoms with Crippen LogP contribution in [0.5, 0.6) is 0 Å². The van der Waals surface area contributed by atoms with Crippen LogP contribution >= 0.6 is 0 Å². The van der Waals surface area contributed by atoms with E-state index in [9.17, 15) is 4.79 Å². The molecule has 0 radical (unpaired) electrons. The van der Waals surface area contributed by atoms with Gasteiger partial charge in [0.15, 0.2) is 5.82 Å². The molecule has 1 aromatic carbocycles. The van der Waals surface area contributed by atoms with E-state index in [1.54, 1.807) is 0 Å². The summed E-state index contributed by atoms with van der Waals surface area (Å²) in [6.07, 6.45) is 2.94. The number of nitrogens with one attached hydrogen (secondary N) is 1. The Labute approximate surface area is 143 Å². The third-order valence-electron chi connectivity index (χ3n) is 4.36. The van der Waals surface area contributed by atoms with E-state index >= 15 is 0 Å². The molecule has 1 aliphatic rings. The van der Waals surface area contributed by atoms with E-state index in [0.29, 0.717) is 0 Å². The topological polar surface area (TPSA) is 59.8 Å². The van der Waals surface area contributed by atoms with Crippen molar-refractivity contribution in [1.82, 2.24) is 20.1 Å². The number of nitrogens with zero attached hydrogens (tertiary/aromatic N) is 3. The highest BCUT2D eigenvalue weighted by atomic mass is 16.1. The van der Waals surface area contributed by atoms with E-state index in [1.807, 2.05) is 31.2 Å². The summed E-state index contributed by atoms with van der Waals surface area (Å²) >= 11 is 0. The SMILES string of the molecule is CC(NC(=O)c1ccccc1CC(C)(C)C)c1nnc2n1CCC2. The van der Waals surface area contributed by atoms with Gasteiger partial charge in [-0.05, 0) is 36.8 Å². The Morgan fingerprint density at radius 3 is 2.79 bits per heavy atom. The Morgan fingerprint density at radius 2 is 2.04 bits per heavy atom. The highest BCUT2D eigenvalue weighted by molar-refractivity contribution is 5.95. The van der Waals surface area contributed by atoms with Gasteiger partial charge in [0.1, 0.15) is 5.82 Å². The van der Waals surface area contributed by atoms with Crippen LogP contribution in [0.25, 0.3) is 0 Å². The molecule has 0 fully saturated rings. The second-order valence-corrected chi connectivity index (χ2v) is 7.82. The fraction of sp³-hybridized carbons (Fsp3) is 0.526. The molecule has 2 heterocycles. The van der Waals surface area contributed by atoms with E-state index in [2.05, 4.69) is 40.9 Å². The fourth-order valence-corrected chi connectivity index (χ4v) is 3.30. The summed E-state index contributed by atoms with van der Waals surface area (Å²) in [4.78, 5) is 12.8. The van der Waals surface area contributed by atoms with Crippen LogP contribution in [0.4, 0.5) is 0 Å². The van der Waals surface area contributed by atoms with Crippen molar-refractivity contribution < 1.29 is 4.79 Å². The van der Waals surface area contributed by atoms with Gasteiger partial charge >= 0.3 is 0 Å². The first-order valence-electron chi connectivity index (χ1n) is 8.66. The molecule has 0 bridgehead atoms. The summed E-state index contributed by atoms with van der Waals surface area (Å²) in [6, 6.07) is 7.70. The minimum absolute atomic E-state index is 0.0438. The zero-order valence-electron chi connectivity index (χ0n) is 15.0. The van der Waals surface area contributed by atoms with Crippen LogP contribution in [-0.4, -0.2) is 20.7 Å². The molecule has 1 atom stereocenters. The number of fused-ring (bicyclic) bond motifs is 1. The Balaban J connectivity index is 1.77. The Morgan fingerprint density at radius 1 is 1.29 bits per heavy atom. The second kappa shape index (κ2) is 6.38. The number of carbonyl (C=O) groups excluding carboxylic acids is 1. The average Bonchev–Trinajstić information content (AvgIpc) is 3.08. The summed E-state index contributed by atoms with van der Waals surface area (Å²) in [5.41, 5.74) is 1.97. The van der Waals surface area contributed by atoms with Gasteiger partial charge in [-0.25, -0.2) is 0 Å². The number of hydrogen-bond acceptors (Lipinski definition) is 3. The first kappa shape index (κ1) is 16.7. The highest BCUT2D eigenvalue weighted by Gasteiger charge is 2.24. The summed E-state index contributed by atoms with van der Waals surface area (Å²) in [6.45, 7) is 9.47. The molecule has 1 unspecified atom stereocenters. The molecule has 3 rings (SSSR count). The molecule has 5 heteroatoms. The van der Waals surface area contributed by atoms with Gasteiger partial charge in [-0.2, -0.15) is 0 Å². The molecule has 0 saturated heterocycles. The molecule has 2 aromatic rings. The summed E-state index contributed by atoms with van der Waals surface area (Å²) in [7, 11) is 0. The molecular formula is C19H26N4O. The van der Waals surface area contributed by atoms with Crippen LogP contribution in [-0.2, 0) is 19.4 Å². The molecule has 5 nitrogen and oxygen atoms in total. The zero-order valence-corrected chi connectivity index (χ0v) is 15.0. The molecule has 1 aliphatic heterocycles. The molecule has 128 valence electrons. The molecule has 0 saturated carbocycles. The van der Waals surface area contributed by atoms with Crippen LogP contribution in [0.2, 0.25) is 0 Å². The van der Waals surface area contributed by atoms with Gasteiger partial charge in [0, 0.05) is 18.5 Å². The maximum Gasteiger partial charge on any atom is 0.252 e. The number of benzene rings is 1. The largest absolute Gasteiger partial charge is 0.342 e. The van der Waals surface area contributed by atoms with Gasteiger partial charge in [-0.3, -0.25) is 4.79 Å². The third-order valence-corrected chi connectivity index (χ3v) is 4.36. The van der Waals surface area contributed by atoms with E-state index in [-0.39, 0.29) is 17.4 Å². The van der Waals surface area contributed by atoms with Crippen molar-refractivity contribution in [2.75, 3.05) is 0 Å². The van der Waals surface area contributed by atoms with Gasteiger partial charge in [-0.1, -0.05) is 39.0 Å². The van der Waals surface area contributed by atoms with Gasteiger partial charge < -0.3 is 9.88 Å². The van der Waals surface area contributed by atoms with E-state index < -0.39 is 0 Å². The number of rotatable bonds is 4. The van der Waals surface area contributed by atoms with Gasteiger partial charge in [0.2, 0.25) is 0 Å². The lowest BCUT2D eigenvalue weighted by Crippen LogP contribution is -2.30. The van der Waals surface area contributed by atoms with Crippen LogP contribution in [0, 0.1) is 5.41 Å². The quantitative estimate of drug-likeness (QED) is 0.938. The number of amides is 1. The third kappa shape index (κ3) is 3.50. The number of aryl methyl sites for hydroxylation is 1. The summed E-state index contributed by atoms with van der Waals surface area (Å²) in [5.74, 6) is 1.83. The molecule has 1 N–H and O–H groups in total. The van der Waals surface area contributed by atoms with E-state index in [4.69, 9.17) is 0 Å². The number of carbonyl (C=O) groups is 1. The lowest BCUT2D eigenvalue weighted by molar-refractivity contribution is 0.0936. The Hall–Kier alpha value is -2.17. The predicted molar refractivity (Wildman–Crippen MR) is 93.8 cm³/mol. The van der Waals surface area contributed by atoms with Crippen LogP contribution in [0.3, 0.4) is 0 Å². The van der Waals surface area contributed by atoms with Crippen LogP contribution in [0.1, 0.15) is 67.7 Å². The van der Waals surface area contributed by atoms with Crippen LogP contribution in [0.15, 0.2) is 24.3 Å². The van der Waals surface area contributed by atoms with Crippen LogP contribution < -0.4 is 5.32 Å². The van der Waals surface area contributed by atoms with Crippen molar-refractivity contribution in [3.05, 3.63) is 47.0 Å². The smallest absolute Gasteiger partial charge is 0.252 e. The summed E-state index contributed by atoms with van der Waals surface area (Å²) < 4.78 is 2.13. The van der Waals surface area contributed by atoms with Crippen molar-refractivity contribution in [2.45, 2.75) is 59.5 Å². The van der Waals surface area contributed by atoms with Gasteiger partial charge in [0.05, 0.1) is 6.04 Å². The predicted octanol–water partition coefficient (Wildman–Crippen LogP) is 3.30. The fourth-order valence-electron chi connectivity index (χ4n) is 3.30. The van der Waals surface area contributed by atoms with E-state index in [0.717, 1.165) is 48.6 Å². The lowest BCUT2D eigenvalue weighted by Gasteiger charge is -2.21. The molecule has 24 heavy (non-hydrogen) atoms. The first-order chi connectivity index (χ1) is 11.3. The lowest BCUT2D eigenvalue weighted by atomic mass is 9.86. The zero-order chi connectivity index (χ0) is 17.3. The molecule has 0 spiro atoms. The normalized spacial score (nSPS) is 15.2. The van der Waals surface area contributed by atoms with Crippen molar-refractivity contribution in [1.29, 1.82) is 0 Å². The number of aromatic nitrogens is 3. The number of hydrogen-bond donors (Lipinski definition) is 1. The van der Waals surface area contributed by atoms with E-state index in [1.165, 1.54) is 0 Å². The Bertz CT molecular complexity index is 742. The molecule has 0 aliphatic carbocycles. The van der Waals surface area contributed by atoms with Gasteiger partial charge in [0.25, 0.3) is 5.91 Å². The second-order valence-electron chi connectivity index (χ2n) is 7.82. The first-order valence-corrected chi connectivity index (χ1v) is 8.66. The molecular weight excluding hydrogens is 300 g/mol. The van der Waals surface area contributed by atoms with Crippen molar-refractivity contribution >= 4 is 5.91 Å². The van der Waals surface area contributed by atoms with Crippen molar-refractivity contribution in [2.24, 2.45) is 5.41 Å². The molecule has 1 aromatic heterocycles. The minimum Gasteiger partial charge on any atom is -0.342 e. The highest BCUT2D eigenvalue weighted by Crippen LogP contribution is 2.24. The maximum absolute atomic E-state index is 12.8. The maximum atomic E-state index is 12.8. The standard InChI is InChI=1S/C19H26N4O/c1-13(17-22-21-16-10-7-11-23(16)17)20-18(24)15-9-6-5-8-14(15)12-19(2,3)4/h5-6,8-9,13H,7,10-12H2,1-4H3,(H,20,24). The summed E-state index contributed by atoms with van der Waals surface area (Å²) in [5, 5.41) is 11.6. The molecule has 1 amide bonds. The van der Waals surface area contributed by atoms with Crippen molar-refractivity contribution in [3.63, 3.8) is 0 Å². The van der Waals surface area contributed by atoms with Crippen molar-refractivity contribution in [3.8, 4) is 0 Å².